The number of carbonyl (C=O) groups excluding carboxylic acids is 1. The maximum atomic E-state index is 12.0. The zero-order valence-corrected chi connectivity index (χ0v) is 12.2. The Kier molecular flexibility index (Phi) is 4.18. The second-order valence-corrected chi connectivity index (χ2v) is 4.99. The van der Waals surface area contributed by atoms with E-state index >= 15 is 0 Å². The molecule has 0 aliphatic rings. The number of rotatable bonds is 3. The van der Waals surface area contributed by atoms with Gasteiger partial charge in [0.2, 0.25) is 0 Å². The summed E-state index contributed by atoms with van der Waals surface area (Å²) in [6, 6.07) is 7.40. The molecule has 20 heavy (non-hydrogen) atoms. The molecule has 1 heterocycles. The Balaban J connectivity index is 2.28. The molecular weight excluding hydrogens is 375 g/mol. The number of hydrogen-bond acceptors (Lipinski definition) is 4. The number of aromatic hydroxyl groups is 1. The first-order valence-corrected chi connectivity index (χ1v) is 6.55. The number of aromatic nitrogens is 1. The number of carbonyl (C=O) groups is 2. The molecule has 102 valence electrons. The Bertz CT molecular complexity index is 688. The Hall–Kier alpha value is -2.16. The number of anilines is 1. The quantitative estimate of drug-likeness (QED) is 0.706. The van der Waals surface area contributed by atoms with E-state index in [0.29, 0.717) is 3.57 Å². The van der Waals surface area contributed by atoms with Gasteiger partial charge in [-0.05, 0) is 52.9 Å². The van der Waals surface area contributed by atoms with Gasteiger partial charge in [-0.1, -0.05) is 0 Å². The smallest absolute Gasteiger partial charge is 0.356 e. The molecule has 0 fully saturated rings. The van der Waals surface area contributed by atoms with Gasteiger partial charge >= 0.3 is 5.97 Å². The summed E-state index contributed by atoms with van der Waals surface area (Å²) in [5.41, 5.74) is 0.0849. The number of nitrogens with zero attached hydrogens (tertiary/aromatic N) is 1. The number of carboxylic acid groups (broad SMARTS) is 1. The highest BCUT2D eigenvalue weighted by molar-refractivity contribution is 14.1. The van der Waals surface area contributed by atoms with E-state index in [9.17, 15) is 14.7 Å². The van der Waals surface area contributed by atoms with Crippen molar-refractivity contribution in [3.63, 3.8) is 0 Å². The number of pyridine rings is 1. The Morgan fingerprint density at radius 2 is 2.00 bits per heavy atom. The first-order valence-electron chi connectivity index (χ1n) is 5.47. The van der Waals surface area contributed by atoms with Gasteiger partial charge < -0.3 is 15.5 Å². The number of phenols is 1. The van der Waals surface area contributed by atoms with Gasteiger partial charge in [0.25, 0.3) is 5.91 Å². The molecule has 0 aliphatic heterocycles. The largest absolute Gasteiger partial charge is 0.507 e. The third-order valence-electron chi connectivity index (χ3n) is 2.47. The molecule has 0 saturated carbocycles. The van der Waals surface area contributed by atoms with Gasteiger partial charge in [0.1, 0.15) is 5.75 Å². The fraction of sp³-hybridized carbons (Fsp3) is 0. The van der Waals surface area contributed by atoms with Gasteiger partial charge in [-0.15, -0.1) is 0 Å². The molecule has 1 aromatic heterocycles. The molecule has 1 amide bonds. The minimum absolute atomic E-state index is 0.0112. The Labute approximate surface area is 127 Å². The van der Waals surface area contributed by atoms with Crippen LogP contribution >= 0.6 is 22.6 Å². The predicted octanol–water partition coefficient (Wildman–Crippen LogP) is 2.34. The fourth-order valence-corrected chi connectivity index (χ4v) is 1.86. The molecule has 7 heteroatoms. The van der Waals surface area contributed by atoms with Gasteiger partial charge in [-0.3, -0.25) is 4.79 Å². The number of phenolic OH excluding ortho intramolecular Hbond substituents is 1. The molecule has 0 radical (unpaired) electrons. The van der Waals surface area contributed by atoms with Crippen molar-refractivity contribution < 1.29 is 19.8 Å². The van der Waals surface area contributed by atoms with Crippen LogP contribution in [-0.4, -0.2) is 27.1 Å². The lowest BCUT2D eigenvalue weighted by molar-refractivity contribution is 0.0691. The molecule has 2 aromatic rings. The van der Waals surface area contributed by atoms with E-state index < -0.39 is 11.9 Å². The van der Waals surface area contributed by atoms with E-state index in [2.05, 4.69) is 10.3 Å². The zero-order chi connectivity index (χ0) is 14.7. The molecule has 0 bridgehead atoms. The van der Waals surface area contributed by atoms with Crippen molar-refractivity contribution in [2.24, 2.45) is 0 Å². The highest BCUT2D eigenvalue weighted by atomic mass is 127. The van der Waals surface area contributed by atoms with E-state index in [1.165, 1.54) is 30.5 Å². The van der Waals surface area contributed by atoms with Gasteiger partial charge in [0.15, 0.2) is 5.69 Å². The maximum absolute atomic E-state index is 12.0. The minimum Gasteiger partial charge on any atom is -0.507 e. The number of carboxylic acids is 1. The summed E-state index contributed by atoms with van der Waals surface area (Å²) in [5.74, 6) is -1.76. The summed E-state index contributed by atoms with van der Waals surface area (Å²) in [5, 5.41) is 21.0. The van der Waals surface area contributed by atoms with Gasteiger partial charge in [0.05, 0.1) is 9.26 Å². The highest BCUT2D eigenvalue weighted by Gasteiger charge is 2.15. The molecule has 2 rings (SSSR count). The first-order chi connectivity index (χ1) is 9.49. The predicted molar refractivity (Wildman–Crippen MR) is 80.0 cm³/mol. The van der Waals surface area contributed by atoms with Crippen LogP contribution in [0.4, 0.5) is 5.69 Å². The van der Waals surface area contributed by atoms with E-state index in [-0.39, 0.29) is 22.7 Å². The fourth-order valence-electron chi connectivity index (χ4n) is 1.52. The Morgan fingerprint density at radius 3 is 2.65 bits per heavy atom. The molecule has 0 saturated heterocycles. The number of halogens is 1. The summed E-state index contributed by atoms with van der Waals surface area (Å²) >= 11 is 1.93. The van der Waals surface area contributed by atoms with Crippen LogP contribution in [0.25, 0.3) is 0 Å². The van der Waals surface area contributed by atoms with Crippen LogP contribution in [0.2, 0.25) is 0 Å². The van der Waals surface area contributed by atoms with E-state index in [0.717, 1.165) is 0 Å². The molecule has 3 N–H and O–H groups in total. The van der Waals surface area contributed by atoms with E-state index in [1.807, 2.05) is 22.6 Å². The van der Waals surface area contributed by atoms with Crippen molar-refractivity contribution in [2.45, 2.75) is 0 Å². The van der Waals surface area contributed by atoms with Gasteiger partial charge in [-0.25, -0.2) is 9.78 Å². The SMILES string of the molecule is O=C(Nc1cccnc1C(=O)O)c1ccc(I)c(O)c1. The standard InChI is InChI=1S/C13H9IN2O4/c14-8-4-3-7(6-10(8)17)12(18)16-9-2-1-5-15-11(9)13(19)20/h1-6,17H,(H,16,18)(H,19,20). The number of benzene rings is 1. The van der Waals surface area contributed by atoms with Gasteiger partial charge in [-0.2, -0.15) is 0 Å². The van der Waals surface area contributed by atoms with Crippen molar-refractivity contribution >= 4 is 40.2 Å². The third-order valence-corrected chi connectivity index (χ3v) is 3.38. The van der Waals surface area contributed by atoms with Crippen molar-refractivity contribution in [3.8, 4) is 5.75 Å². The van der Waals surface area contributed by atoms with Crippen LogP contribution in [0, 0.1) is 3.57 Å². The normalized spacial score (nSPS) is 10.1. The van der Waals surface area contributed by atoms with Crippen molar-refractivity contribution in [3.05, 3.63) is 51.4 Å². The molecule has 0 aliphatic carbocycles. The van der Waals surface area contributed by atoms with Crippen molar-refractivity contribution in [2.75, 3.05) is 5.32 Å². The third kappa shape index (κ3) is 3.05. The molecule has 0 unspecified atom stereocenters. The summed E-state index contributed by atoms with van der Waals surface area (Å²) in [7, 11) is 0. The number of amides is 1. The number of nitrogens with one attached hydrogen (secondary N) is 1. The lowest BCUT2D eigenvalue weighted by Gasteiger charge is -2.08. The Morgan fingerprint density at radius 1 is 1.25 bits per heavy atom. The lowest BCUT2D eigenvalue weighted by Crippen LogP contribution is -2.15. The molecule has 0 spiro atoms. The van der Waals surface area contributed by atoms with Crippen LogP contribution in [0.15, 0.2) is 36.5 Å². The van der Waals surface area contributed by atoms with Crippen molar-refractivity contribution in [1.29, 1.82) is 0 Å². The highest BCUT2D eigenvalue weighted by Crippen LogP contribution is 2.21. The second-order valence-electron chi connectivity index (χ2n) is 3.83. The van der Waals surface area contributed by atoms with Crippen LogP contribution in [0.3, 0.4) is 0 Å². The number of hydrogen-bond donors (Lipinski definition) is 3. The average Bonchev–Trinajstić information content (AvgIpc) is 2.42. The monoisotopic (exact) mass is 384 g/mol. The molecular formula is C13H9IN2O4. The topological polar surface area (TPSA) is 99.5 Å². The second kappa shape index (κ2) is 5.87. The summed E-state index contributed by atoms with van der Waals surface area (Å²) in [4.78, 5) is 26.7. The summed E-state index contributed by atoms with van der Waals surface area (Å²) in [6.07, 6.45) is 1.33. The minimum atomic E-state index is -1.23. The number of aromatic carboxylic acids is 1. The van der Waals surface area contributed by atoms with Crippen LogP contribution in [-0.2, 0) is 0 Å². The molecule has 1 aromatic carbocycles. The van der Waals surface area contributed by atoms with E-state index in [1.54, 1.807) is 6.07 Å². The summed E-state index contributed by atoms with van der Waals surface area (Å²) < 4.78 is 0.617. The van der Waals surface area contributed by atoms with Crippen LogP contribution < -0.4 is 5.32 Å². The lowest BCUT2D eigenvalue weighted by atomic mass is 10.2. The van der Waals surface area contributed by atoms with Crippen LogP contribution in [0.1, 0.15) is 20.8 Å². The summed E-state index contributed by atoms with van der Waals surface area (Å²) in [6.45, 7) is 0. The van der Waals surface area contributed by atoms with E-state index in [4.69, 9.17) is 5.11 Å². The first kappa shape index (κ1) is 14.3. The zero-order valence-electron chi connectivity index (χ0n) is 10.0. The van der Waals surface area contributed by atoms with Gasteiger partial charge in [0, 0.05) is 11.8 Å². The van der Waals surface area contributed by atoms with Crippen LogP contribution in [0.5, 0.6) is 5.75 Å². The maximum Gasteiger partial charge on any atom is 0.356 e. The molecule has 0 atom stereocenters. The molecule has 6 nitrogen and oxygen atoms in total. The van der Waals surface area contributed by atoms with Crippen molar-refractivity contribution in [1.82, 2.24) is 4.98 Å². The average molecular weight is 384 g/mol.